The van der Waals surface area contributed by atoms with E-state index in [1.807, 2.05) is 37.3 Å². The normalized spacial score (nSPS) is 10.6. The van der Waals surface area contributed by atoms with Gasteiger partial charge < -0.3 is 10.1 Å². The lowest BCUT2D eigenvalue weighted by Gasteiger charge is -2.14. The van der Waals surface area contributed by atoms with Crippen LogP contribution in [0.4, 0.5) is 5.69 Å². The van der Waals surface area contributed by atoms with Gasteiger partial charge in [0.1, 0.15) is 5.75 Å². The van der Waals surface area contributed by atoms with E-state index in [4.69, 9.17) is 4.74 Å². The Bertz CT molecular complexity index is 996. The number of aryl methyl sites for hydroxylation is 3. The monoisotopic (exact) mass is 405 g/mol. The van der Waals surface area contributed by atoms with Crippen molar-refractivity contribution in [3.8, 4) is 5.75 Å². The quantitative estimate of drug-likeness (QED) is 0.461. The highest BCUT2D eigenvalue weighted by molar-refractivity contribution is 7.98. The van der Waals surface area contributed by atoms with Gasteiger partial charge in [0.25, 0.3) is 5.91 Å². The van der Waals surface area contributed by atoms with Crippen molar-refractivity contribution in [2.75, 3.05) is 12.4 Å². The number of ether oxygens (including phenoxy) is 1. The van der Waals surface area contributed by atoms with Gasteiger partial charge in [-0.3, -0.25) is 4.79 Å². The van der Waals surface area contributed by atoms with Gasteiger partial charge >= 0.3 is 0 Å². The van der Waals surface area contributed by atoms with Crippen LogP contribution in [0.15, 0.2) is 65.6 Å². The molecule has 3 aromatic rings. The van der Waals surface area contributed by atoms with Crippen LogP contribution in [-0.4, -0.2) is 13.0 Å². The molecule has 1 amide bonds. The van der Waals surface area contributed by atoms with E-state index in [1.54, 1.807) is 18.9 Å². The Kier molecular flexibility index (Phi) is 6.99. The molecule has 0 bridgehead atoms. The number of thioether (sulfide) groups is 1. The van der Waals surface area contributed by atoms with Crippen molar-refractivity contribution in [1.82, 2.24) is 0 Å². The van der Waals surface area contributed by atoms with Crippen molar-refractivity contribution in [3.05, 3.63) is 88.5 Å². The first-order valence-corrected chi connectivity index (χ1v) is 10.8. The fraction of sp³-hybridized carbons (Fsp3) is 0.240. The average Bonchev–Trinajstić information content (AvgIpc) is 2.74. The molecule has 0 aromatic heterocycles. The maximum Gasteiger partial charge on any atom is 0.255 e. The summed E-state index contributed by atoms with van der Waals surface area (Å²) in [6, 6.07) is 20.2. The Morgan fingerprint density at radius 1 is 1.00 bits per heavy atom. The summed E-state index contributed by atoms with van der Waals surface area (Å²) in [6.07, 6.45) is 0.873. The van der Waals surface area contributed by atoms with Crippen molar-refractivity contribution in [2.45, 2.75) is 37.8 Å². The number of carbonyl (C=O) groups is 1. The maximum absolute atomic E-state index is 12.9. The van der Waals surface area contributed by atoms with Gasteiger partial charge in [-0.2, -0.15) is 0 Å². The van der Waals surface area contributed by atoms with Crippen LogP contribution in [0, 0.1) is 13.8 Å². The van der Waals surface area contributed by atoms with Gasteiger partial charge in [-0.1, -0.05) is 42.8 Å². The SMILES string of the molecule is CCc1cccc(C)c1NC(=O)c1ccc(OC)c(CSc2ccc(C)cc2)c1. The molecule has 3 aromatic carbocycles. The van der Waals surface area contributed by atoms with Gasteiger partial charge in [0.2, 0.25) is 0 Å². The van der Waals surface area contributed by atoms with E-state index in [-0.39, 0.29) is 5.91 Å². The Balaban J connectivity index is 1.80. The Morgan fingerprint density at radius 2 is 1.76 bits per heavy atom. The van der Waals surface area contributed by atoms with Crippen LogP contribution in [0.1, 0.15) is 39.5 Å². The van der Waals surface area contributed by atoms with Gasteiger partial charge in [-0.25, -0.2) is 0 Å². The molecule has 3 nitrogen and oxygen atoms in total. The highest BCUT2D eigenvalue weighted by atomic mass is 32.2. The molecular formula is C25H27NO2S. The largest absolute Gasteiger partial charge is 0.496 e. The van der Waals surface area contributed by atoms with Crippen LogP contribution in [-0.2, 0) is 12.2 Å². The van der Waals surface area contributed by atoms with Crippen LogP contribution in [0.25, 0.3) is 0 Å². The first kappa shape index (κ1) is 21.0. The van der Waals surface area contributed by atoms with E-state index in [1.165, 1.54) is 10.5 Å². The molecule has 0 radical (unpaired) electrons. The van der Waals surface area contributed by atoms with E-state index >= 15 is 0 Å². The first-order chi connectivity index (χ1) is 14.0. The molecule has 0 aliphatic heterocycles. The highest BCUT2D eigenvalue weighted by Gasteiger charge is 2.13. The molecule has 1 N–H and O–H groups in total. The predicted molar refractivity (Wildman–Crippen MR) is 122 cm³/mol. The zero-order valence-corrected chi connectivity index (χ0v) is 18.2. The zero-order chi connectivity index (χ0) is 20.8. The Hall–Kier alpha value is -2.72. The smallest absolute Gasteiger partial charge is 0.255 e. The molecule has 0 aliphatic carbocycles. The van der Waals surface area contributed by atoms with Gasteiger partial charge in [0.05, 0.1) is 7.11 Å². The van der Waals surface area contributed by atoms with Gasteiger partial charge in [-0.05, 0) is 61.7 Å². The van der Waals surface area contributed by atoms with E-state index in [0.717, 1.165) is 40.3 Å². The van der Waals surface area contributed by atoms with Crippen molar-refractivity contribution in [3.63, 3.8) is 0 Å². The molecule has 3 rings (SSSR count). The lowest BCUT2D eigenvalue weighted by molar-refractivity contribution is 0.102. The summed E-state index contributed by atoms with van der Waals surface area (Å²) in [7, 11) is 1.66. The molecular weight excluding hydrogens is 378 g/mol. The standard InChI is InChI=1S/C25H27NO2S/c1-5-19-8-6-7-18(3)24(19)26-25(27)20-11-14-23(28-4)21(15-20)16-29-22-12-9-17(2)10-13-22/h6-15H,5,16H2,1-4H3,(H,26,27). The second-order valence-corrected chi connectivity index (χ2v) is 8.09. The minimum Gasteiger partial charge on any atom is -0.496 e. The fourth-order valence-corrected chi connectivity index (χ4v) is 4.09. The molecule has 0 heterocycles. The predicted octanol–water partition coefficient (Wildman–Crippen LogP) is 6.42. The summed E-state index contributed by atoms with van der Waals surface area (Å²) in [4.78, 5) is 14.1. The second-order valence-electron chi connectivity index (χ2n) is 7.05. The van der Waals surface area contributed by atoms with Crippen molar-refractivity contribution >= 4 is 23.4 Å². The number of anilines is 1. The highest BCUT2D eigenvalue weighted by Crippen LogP contribution is 2.30. The van der Waals surface area contributed by atoms with Crippen molar-refractivity contribution < 1.29 is 9.53 Å². The Labute approximate surface area is 177 Å². The summed E-state index contributed by atoms with van der Waals surface area (Å²) in [5, 5.41) is 3.10. The maximum atomic E-state index is 12.9. The number of carbonyl (C=O) groups excluding carboxylic acids is 1. The average molecular weight is 406 g/mol. The third kappa shape index (κ3) is 5.21. The van der Waals surface area contributed by atoms with Gasteiger partial charge in [0.15, 0.2) is 0 Å². The zero-order valence-electron chi connectivity index (χ0n) is 17.4. The van der Waals surface area contributed by atoms with Crippen LogP contribution in [0.2, 0.25) is 0 Å². The summed E-state index contributed by atoms with van der Waals surface area (Å²) in [6.45, 7) is 6.20. The molecule has 0 aliphatic rings. The van der Waals surface area contributed by atoms with E-state index in [9.17, 15) is 4.79 Å². The third-order valence-corrected chi connectivity index (χ3v) is 6.00. The molecule has 0 saturated carbocycles. The number of rotatable bonds is 7. The van der Waals surface area contributed by atoms with Crippen LogP contribution in [0.5, 0.6) is 5.75 Å². The lowest BCUT2D eigenvalue weighted by Crippen LogP contribution is -2.14. The van der Waals surface area contributed by atoms with E-state index in [2.05, 4.69) is 49.5 Å². The molecule has 0 fully saturated rings. The van der Waals surface area contributed by atoms with Crippen molar-refractivity contribution in [2.24, 2.45) is 0 Å². The molecule has 0 unspecified atom stereocenters. The van der Waals surface area contributed by atoms with Crippen LogP contribution < -0.4 is 10.1 Å². The third-order valence-electron chi connectivity index (χ3n) is 4.94. The molecule has 29 heavy (non-hydrogen) atoms. The van der Waals surface area contributed by atoms with Gasteiger partial charge in [-0.15, -0.1) is 11.8 Å². The number of nitrogens with one attached hydrogen (secondary N) is 1. The molecule has 0 spiro atoms. The van der Waals surface area contributed by atoms with Gasteiger partial charge in [0, 0.05) is 27.5 Å². The molecule has 0 atom stereocenters. The van der Waals surface area contributed by atoms with E-state index < -0.39 is 0 Å². The number of hydrogen-bond donors (Lipinski definition) is 1. The van der Waals surface area contributed by atoms with Crippen molar-refractivity contribution in [1.29, 1.82) is 0 Å². The first-order valence-electron chi connectivity index (χ1n) is 9.78. The van der Waals surface area contributed by atoms with E-state index in [0.29, 0.717) is 5.56 Å². The number of benzene rings is 3. The molecule has 4 heteroatoms. The minimum absolute atomic E-state index is 0.0989. The minimum atomic E-state index is -0.0989. The molecule has 150 valence electrons. The summed E-state index contributed by atoms with van der Waals surface area (Å²) in [5.41, 5.74) is 6.00. The van der Waals surface area contributed by atoms with Crippen LogP contribution in [0.3, 0.4) is 0 Å². The number of hydrogen-bond acceptors (Lipinski definition) is 3. The summed E-state index contributed by atoms with van der Waals surface area (Å²) >= 11 is 1.73. The Morgan fingerprint density at radius 3 is 2.45 bits per heavy atom. The number of amides is 1. The summed E-state index contributed by atoms with van der Waals surface area (Å²) in [5.74, 6) is 1.43. The topological polar surface area (TPSA) is 38.3 Å². The van der Waals surface area contributed by atoms with Crippen LogP contribution >= 0.6 is 11.8 Å². The molecule has 0 saturated heterocycles. The fourth-order valence-electron chi connectivity index (χ4n) is 3.22. The number of methoxy groups -OCH3 is 1. The lowest BCUT2D eigenvalue weighted by atomic mass is 10.0. The summed E-state index contributed by atoms with van der Waals surface area (Å²) < 4.78 is 5.52. The second kappa shape index (κ2) is 9.66. The number of para-hydroxylation sites is 1.